The highest BCUT2D eigenvalue weighted by atomic mass is 35.5. The Bertz CT molecular complexity index is 1780. The van der Waals surface area contributed by atoms with Gasteiger partial charge in [0.05, 0.1) is 12.1 Å². The third-order valence-corrected chi connectivity index (χ3v) is 7.16. The molecule has 180 valence electrons. The molecule has 1 N–H and O–H groups in total. The van der Waals surface area contributed by atoms with Crippen LogP contribution >= 0.6 is 23.4 Å². The Balaban J connectivity index is 1.63. The smallest absolute Gasteiger partial charge is 0.354 e. The van der Waals surface area contributed by atoms with E-state index in [2.05, 4.69) is 0 Å². The normalized spacial score (nSPS) is 12.5. The zero-order chi connectivity index (χ0) is 25.0. The number of nitrogens with zero attached hydrogens (tertiary/aromatic N) is 1. The molecule has 1 aliphatic heterocycles. The highest BCUT2D eigenvalue weighted by Crippen LogP contribution is 2.41. The molecule has 3 aromatic carbocycles. The molecule has 0 unspecified atom stereocenters. The third-order valence-electron chi connectivity index (χ3n) is 5.83. The van der Waals surface area contributed by atoms with Crippen molar-refractivity contribution in [2.45, 2.75) is 16.3 Å². The van der Waals surface area contributed by atoms with E-state index < -0.39 is 22.8 Å². The molecule has 0 spiro atoms. The van der Waals surface area contributed by atoms with Crippen molar-refractivity contribution in [2.24, 2.45) is 0 Å². The van der Waals surface area contributed by atoms with Gasteiger partial charge in [-0.3, -0.25) is 4.79 Å². The summed E-state index contributed by atoms with van der Waals surface area (Å²) in [5, 5.41) is 11.9. The zero-order valence-corrected chi connectivity index (χ0v) is 19.9. The van der Waals surface area contributed by atoms with Crippen LogP contribution < -0.4 is 20.7 Å². The Morgan fingerprint density at radius 2 is 1.69 bits per heavy atom. The maximum Gasteiger partial charge on any atom is 0.354 e. The monoisotopic (exact) mass is 523 g/mol. The molecule has 0 saturated carbocycles. The largest absolute Gasteiger partial charge is 0.505 e. The molecule has 6 rings (SSSR count). The Hall–Kier alpha value is -3.95. The fourth-order valence-corrected chi connectivity index (χ4v) is 5.07. The summed E-state index contributed by atoms with van der Waals surface area (Å²) >= 11 is 6.90. The van der Waals surface area contributed by atoms with Crippen LogP contribution in [0.4, 0.5) is 4.39 Å². The number of aromatic hydroxyl groups is 1. The molecule has 0 saturated heterocycles. The number of pyridine rings is 1. The van der Waals surface area contributed by atoms with Gasteiger partial charge in [0.15, 0.2) is 22.8 Å². The van der Waals surface area contributed by atoms with Crippen LogP contribution in [-0.4, -0.2) is 16.5 Å². The summed E-state index contributed by atoms with van der Waals surface area (Å²) in [6.45, 7) is 0.0757. The second-order valence-corrected chi connectivity index (χ2v) is 9.59. The van der Waals surface area contributed by atoms with E-state index in [1.54, 1.807) is 48.5 Å². The van der Waals surface area contributed by atoms with E-state index in [0.29, 0.717) is 37.9 Å². The Morgan fingerprint density at radius 1 is 1.00 bits per heavy atom. The maximum absolute atomic E-state index is 13.8. The van der Waals surface area contributed by atoms with Gasteiger partial charge >= 0.3 is 5.63 Å². The molecule has 0 aliphatic carbocycles. The molecular formula is C26H15ClFNO6S. The zero-order valence-electron chi connectivity index (χ0n) is 18.3. The lowest BCUT2D eigenvalue weighted by Crippen LogP contribution is -2.23. The van der Waals surface area contributed by atoms with Crippen LogP contribution in [0.2, 0.25) is 5.02 Å². The lowest BCUT2D eigenvalue weighted by molar-refractivity contribution is 0.174. The number of aromatic nitrogens is 1. The molecule has 3 heterocycles. The molecule has 0 fully saturated rings. The molecule has 7 nitrogen and oxygen atoms in total. The number of benzene rings is 3. The number of rotatable bonds is 4. The van der Waals surface area contributed by atoms with Gasteiger partial charge in [0, 0.05) is 21.4 Å². The molecule has 1 aliphatic rings. The van der Waals surface area contributed by atoms with Crippen molar-refractivity contribution in [1.29, 1.82) is 0 Å². The molecule has 0 radical (unpaired) electrons. The molecule has 0 amide bonds. The number of hydrogen-bond donors (Lipinski definition) is 1. The summed E-state index contributed by atoms with van der Waals surface area (Å²) in [7, 11) is 0. The molecule has 5 aromatic rings. The second kappa shape index (κ2) is 8.61. The van der Waals surface area contributed by atoms with Gasteiger partial charge in [-0.25, -0.2) is 9.18 Å². The number of halogens is 2. The van der Waals surface area contributed by atoms with Crippen LogP contribution in [0.15, 0.2) is 84.5 Å². The summed E-state index contributed by atoms with van der Waals surface area (Å²) < 4.78 is 31.5. The van der Waals surface area contributed by atoms with Crippen molar-refractivity contribution in [1.82, 2.24) is 4.57 Å². The van der Waals surface area contributed by atoms with Crippen molar-refractivity contribution < 1.29 is 23.4 Å². The van der Waals surface area contributed by atoms with Gasteiger partial charge < -0.3 is 23.6 Å². The van der Waals surface area contributed by atoms with E-state index in [1.807, 2.05) is 0 Å². The van der Waals surface area contributed by atoms with Crippen LogP contribution in [0, 0.1) is 5.82 Å². The van der Waals surface area contributed by atoms with E-state index in [-0.39, 0.29) is 29.2 Å². The summed E-state index contributed by atoms with van der Waals surface area (Å²) in [6, 6.07) is 15.6. The van der Waals surface area contributed by atoms with E-state index in [1.165, 1.54) is 16.7 Å². The summed E-state index contributed by atoms with van der Waals surface area (Å²) in [4.78, 5) is 27.2. The SMILES string of the molecule is O=c1oc2c(c(O)c1Sc1ccc(Cl)cc1)c(=O)n(Cc1ccc(F)cc1)c1cc3c(cc21)OCO3. The highest BCUT2D eigenvalue weighted by Gasteiger charge is 2.25. The predicted octanol–water partition coefficient (Wildman–Crippen LogP) is 5.53. The summed E-state index contributed by atoms with van der Waals surface area (Å²) in [5.41, 5.74) is -0.382. The van der Waals surface area contributed by atoms with E-state index in [0.717, 1.165) is 11.8 Å². The van der Waals surface area contributed by atoms with Crippen molar-refractivity contribution in [3.05, 3.63) is 97.8 Å². The molecule has 10 heteroatoms. The molecule has 36 heavy (non-hydrogen) atoms. The minimum absolute atomic E-state index is 0.00284. The fraction of sp³-hybridized carbons (Fsp3) is 0.0769. The number of ether oxygens (including phenoxy) is 2. The minimum Gasteiger partial charge on any atom is -0.505 e. The van der Waals surface area contributed by atoms with Gasteiger partial charge in [-0.05, 0) is 48.0 Å². The molecule has 2 aromatic heterocycles. The van der Waals surface area contributed by atoms with Gasteiger partial charge in [-0.2, -0.15) is 0 Å². The minimum atomic E-state index is -0.797. The molecular weight excluding hydrogens is 509 g/mol. The lowest BCUT2D eigenvalue weighted by Gasteiger charge is -2.15. The lowest BCUT2D eigenvalue weighted by atomic mass is 10.1. The van der Waals surface area contributed by atoms with Crippen molar-refractivity contribution in [3.8, 4) is 17.2 Å². The average molecular weight is 524 g/mol. The van der Waals surface area contributed by atoms with Gasteiger partial charge in [0.2, 0.25) is 6.79 Å². The van der Waals surface area contributed by atoms with Crippen LogP contribution in [-0.2, 0) is 6.54 Å². The first-order chi connectivity index (χ1) is 17.4. The van der Waals surface area contributed by atoms with Gasteiger partial charge in [0.1, 0.15) is 16.1 Å². The first kappa shape index (κ1) is 22.5. The van der Waals surface area contributed by atoms with Crippen LogP contribution in [0.1, 0.15) is 5.56 Å². The quantitative estimate of drug-likeness (QED) is 0.309. The highest BCUT2D eigenvalue weighted by molar-refractivity contribution is 7.99. The molecule has 0 bridgehead atoms. The summed E-state index contributed by atoms with van der Waals surface area (Å²) in [5.74, 6) is -0.0483. The second-order valence-electron chi connectivity index (χ2n) is 8.07. The first-order valence-electron chi connectivity index (χ1n) is 10.7. The van der Waals surface area contributed by atoms with Gasteiger partial charge in [0.25, 0.3) is 5.56 Å². The van der Waals surface area contributed by atoms with Gasteiger partial charge in [-0.1, -0.05) is 35.5 Å². The van der Waals surface area contributed by atoms with Gasteiger partial charge in [-0.15, -0.1) is 0 Å². The standard InChI is InChI=1S/C26H15ClFNO6S/c27-14-3-7-16(8-4-14)36-24-22(30)21-23(35-26(24)32)17-9-19-20(34-12-33-19)10-18(17)29(25(21)31)11-13-1-5-15(28)6-2-13/h1-10,30H,11-12H2. The topological polar surface area (TPSA) is 90.9 Å². The maximum atomic E-state index is 13.8. The Kier molecular flexibility index (Phi) is 5.39. The average Bonchev–Trinajstić information content (AvgIpc) is 3.33. The number of hydrogen-bond acceptors (Lipinski definition) is 7. The Labute approximate surface area is 211 Å². The molecule has 0 atom stereocenters. The third kappa shape index (κ3) is 3.77. The number of fused-ring (bicyclic) bond motifs is 4. The van der Waals surface area contributed by atoms with E-state index >= 15 is 0 Å². The van der Waals surface area contributed by atoms with Crippen molar-refractivity contribution >= 4 is 45.2 Å². The van der Waals surface area contributed by atoms with Crippen LogP contribution in [0.25, 0.3) is 21.9 Å². The van der Waals surface area contributed by atoms with Crippen molar-refractivity contribution in [2.75, 3.05) is 6.79 Å². The fourth-order valence-electron chi connectivity index (χ4n) is 4.12. The van der Waals surface area contributed by atoms with Crippen molar-refractivity contribution in [3.63, 3.8) is 0 Å². The van der Waals surface area contributed by atoms with E-state index in [4.69, 9.17) is 25.5 Å². The van der Waals surface area contributed by atoms with Crippen LogP contribution in [0.3, 0.4) is 0 Å². The summed E-state index contributed by atoms with van der Waals surface area (Å²) in [6.07, 6.45) is 0. The predicted molar refractivity (Wildman–Crippen MR) is 133 cm³/mol. The van der Waals surface area contributed by atoms with E-state index in [9.17, 15) is 19.1 Å². The first-order valence-corrected chi connectivity index (χ1v) is 11.9. The Morgan fingerprint density at radius 3 is 2.42 bits per heavy atom. The van der Waals surface area contributed by atoms with Crippen LogP contribution in [0.5, 0.6) is 17.2 Å².